The number of aromatic hydroxyl groups is 1. The van der Waals surface area contributed by atoms with Crippen LogP contribution in [0.2, 0.25) is 0 Å². The second-order valence-electron chi connectivity index (χ2n) is 5.97. The van der Waals surface area contributed by atoms with Gasteiger partial charge in [0.15, 0.2) is 0 Å². The molecule has 0 spiro atoms. The first kappa shape index (κ1) is 39.0. The van der Waals surface area contributed by atoms with Gasteiger partial charge < -0.3 is 20.0 Å². The average Bonchev–Trinajstić information content (AvgIpc) is 2.74. The van der Waals surface area contributed by atoms with Crippen molar-refractivity contribution >= 4 is 46.0 Å². The summed E-state index contributed by atoms with van der Waals surface area (Å²) >= 11 is 0. The number of phenols is 1. The molecule has 1 aliphatic carbocycles. The van der Waals surface area contributed by atoms with Crippen LogP contribution in [0.1, 0.15) is 26.3 Å². The number of phenolic OH excluding ortho intramolecular Hbond substituents is 1. The van der Waals surface area contributed by atoms with Gasteiger partial charge in [0.1, 0.15) is 5.75 Å². The molecule has 1 N–H and O–H groups in total. The number of aryl methyl sites for hydroxylation is 1. The molecule has 154 valence electrons. The van der Waals surface area contributed by atoms with Gasteiger partial charge in [-0.1, -0.05) is 56.2 Å². The van der Waals surface area contributed by atoms with Crippen LogP contribution in [0.25, 0.3) is 11.1 Å². The summed E-state index contributed by atoms with van der Waals surface area (Å²) in [7, 11) is 3.48. The molecule has 0 bridgehead atoms. The molecule has 0 heterocycles. The van der Waals surface area contributed by atoms with Crippen molar-refractivity contribution in [2.45, 2.75) is 27.7 Å². The SMILES string of the molecule is CC1=C(C)C(C)[C-]=C1[Si].Cc1cc(O)cc(-c2ccccc2)c1.Cl.Cl.[CH3-].[CH3-].[Si].[Ti+3]. The molecular weight excluding hydrogens is 467 g/mol. The first-order chi connectivity index (χ1) is 10.9. The maximum absolute atomic E-state index is 9.46. The van der Waals surface area contributed by atoms with E-state index in [0.29, 0.717) is 11.7 Å². The van der Waals surface area contributed by atoms with E-state index in [4.69, 9.17) is 0 Å². The second-order valence-corrected chi connectivity index (χ2v) is 6.47. The Morgan fingerprint density at radius 3 is 1.76 bits per heavy atom. The van der Waals surface area contributed by atoms with Gasteiger partial charge in [-0.3, -0.25) is 6.08 Å². The molecule has 1 unspecified atom stereocenters. The third kappa shape index (κ3) is 11.4. The van der Waals surface area contributed by atoms with Crippen molar-refractivity contribution in [2.24, 2.45) is 5.92 Å². The Kier molecular flexibility index (Phi) is 24.5. The van der Waals surface area contributed by atoms with Gasteiger partial charge in [0.05, 0.1) is 0 Å². The quantitative estimate of drug-likeness (QED) is 0.350. The van der Waals surface area contributed by atoms with E-state index in [1.165, 1.54) is 11.1 Å². The smallest absolute Gasteiger partial charge is 0.508 e. The van der Waals surface area contributed by atoms with E-state index >= 15 is 0 Å². The maximum atomic E-state index is 9.46. The van der Waals surface area contributed by atoms with E-state index < -0.39 is 0 Å². The van der Waals surface area contributed by atoms with E-state index in [9.17, 15) is 5.11 Å². The Morgan fingerprint density at radius 1 is 0.897 bits per heavy atom. The second kappa shape index (κ2) is 18.2. The van der Waals surface area contributed by atoms with Gasteiger partial charge in [0, 0.05) is 21.2 Å². The molecule has 6 heteroatoms. The number of benzene rings is 2. The molecule has 29 heavy (non-hydrogen) atoms. The zero-order chi connectivity index (χ0) is 17.0. The van der Waals surface area contributed by atoms with Crippen molar-refractivity contribution < 1.29 is 26.8 Å². The number of rotatable bonds is 1. The average molecular weight is 497 g/mol. The minimum Gasteiger partial charge on any atom is -0.508 e. The maximum Gasteiger partial charge on any atom is 3.00 e. The summed E-state index contributed by atoms with van der Waals surface area (Å²) < 4.78 is 0. The van der Waals surface area contributed by atoms with Gasteiger partial charge in [-0.15, -0.1) is 31.7 Å². The van der Waals surface area contributed by atoms with Gasteiger partial charge >= 0.3 is 21.7 Å². The number of hydrogen-bond acceptors (Lipinski definition) is 1. The van der Waals surface area contributed by atoms with Gasteiger partial charge in [-0.05, 0) is 35.7 Å². The van der Waals surface area contributed by atoms with Crippen molar-refractivity contribution in [3.63, 3.8) is 0 Å². The minimum atomic E-state index is 0. The fourth-order valence-electron chi connectivity index (χ4n) is 2.52. The van der Waals surface area contributed by atoms with Crippen LogP contribution in [-0.4, -0.2) is 26.3 Å². The van der Waals surface area contributed by atoms with Crippen LogP contribution in [0.15, 0.2) is 64.9 Å². The molecule has 0 aromatic heterocycles. The Balaban J connectivity index is -0.000000116. The molecule has 1 nitrogen and oxygen atoms in total. The van der Waals surface area contributed by atoms with Crippen molar-refractivity contribution in [1.82, 2.24) is 0 Å². The standard InChI is InChI=1S/C13H12O.C8H10Si.2CH3.2ClH.Si.Ti/c1-10-7-12(9-13(14)8-10)11-5-3-2-4-6-11;1-5-4-8(9)7(3)6(5)2;;;;;;/h2-9,14H,1H3;5H,1-3H3;2*1H3;2*1H;;/q;3*-1;;;;+3. The van der Waals surface area contributed by atoms with Crippen molar-refractivity contribution in [3.05, 3.63) is 91.4 Å². The van der Waals surface area contributed by atoms with Gasteiger partial charge in [-0.2, -0.15) is 5.57 Å². The summed E-state index contributed by atoms with van der Waals surface area (Å²) in [6, 6.07) is 15.6. The fraction of sp³-hybridized carbons (Fsp3) is 0.217. The summed E-state index contributed by atoms with van der Waals surface area (Å²) in [6.07, 6.45) is 3.27. The van der Waals surface area contributed by atoms with E-state index in [2.05, 4.69) is 43.2 Å². The van der Waals surface area contributed by atoms with Crippen molar-refractivity contribution in [1.29, 1.82) is 0 Å². The van der Waals surface area contributed by atoms with Crippen LogP contribution in [0.3, 0.4) is 0 Å². The molecule has 0 saturated heterocycles. The summed E-state index contributed by atoms with van der Waals surface area (Å²) in [5, 5.41) is 10.6. The van der Waals surface area contributed by atoms with Crippen LogP contribution in [0.4, 0.5) is 0 Å². The molecular formula is C23H30Cl2OSi2Ti. The predicted molar refractivity (Wildman–Crippen MR) is 131 cm³/mol. The van der Waals surface area contributed by atoms with Crippen LogP contribution in [-0.2, 0) is 21.7 Å². The zero-order valence-corrected chi connectivity index (χ0v) is 23.2. The molecule has 0 fully saturated rings. The summed E-state index contributed by atoms with van der Waals surface area (Å²) in [4.78, 5) is 0. The van der Waals surface area contributed by atoms with Crippen LogP contribution in [0, 0.1) is 33.8 Å². The van der Waals surface area contributed by atoms with Crippen molar-refractivity contribution in [3.8, 4) is 16.9 Å². The Labute approximate surface area is 213 Å². The Bertz CT molecular complexity index is 742. The fourth-order valence-corrected chi connectivity index (χ4v) is 2.93. The summed E-state index contributed by atoms with van der Waals surface area (Å²) in [5.41, 5.74) is 6.04. The molecule has 0 amide bonds. The predicted octanol–water partition coefficient (Wildman–Crippen LogP) is 6.56. The van der Waals surface area contributed by atoms with Gasteiger partial charge in [0.2, 0.25) is 0 Å². The largest absolute Gasteiger partial charge is 3.00 e. The molecule has 0 aliphatic heterocycles. The first-order valence-electron chi connectivity index (χ1n) is 7.77. The number of hydrogen-bond donors (Lipinski definition) is 1. The molecule has 3 rings (SSSR count). The molecule has 2 aromatic rings. The van der Waals surface area contributed by atoms with E-state index in [1.54, 1.807) is 12.1 Å². The van der Waals surface area contributed by atoms with Crippen LogP contribution >= 0.6 is 24.8 Å². The molecule has 1 aliphatic rings. The van der Waals surface area contributed by atoms with Gasteiger partial charge in [0.25, 0.3) is 0 Å². The van der Waals surface area contributed by atoms with E-state index in [1.807, 2.05) is 37.3 Å². The third-order valence-electron chi connectivity index (χ3n) is 4.15. The molecule has 2 aromatic carbocycles. The molecule has 1 atom stereocenters. The third-order valence-corrected chi connectivity index (χ3v) is 4.67. The normalized spacial score (nSPS) is 13.3. The van der Waals surface area contributed by atoms with Crippen LogP contribution < -0.4 is 0 Å². The van der Waals surface area contributed by atoms with Gasteiger partial charge in [-0.25, -0.2) is 10.8 Å². The summed E-state index contributed by atoms with van der Waals surface area (Å²) in [6.45, 7) is 8.41. The van der Waals surface area contributed by atoms with E-state index in [0.717, 1.165) is 21.9 Å². The number of allylic oxidation sites excluding steroid dienone is 4. The molecule has 8 radical (unpaired) electrons. The number of halogens is 2. The summed E-state index contributed by atoms with van der Waals surface area (Å²) in [5.74, 6) is 0.835. The first-order valence-corrected chi connectivity index (χ1v) is 8.27. The van der Waals surface area contributed by atoms with Crippen LogP contribution in [0.5, 0.6) is 5.75 Å². The Hall–Kier alpha value is -0.552. The minimum absolute atomic E-state index is 0. The Morgan fingerprint density at radius 2 is 1.41 bits per heavy atom. The van der Waals surface area contributed by atoms with E-state index in [-0.39, 0.29) is 72.4 Å². The topological polar surface area (TPSA) is 20.2 Å². The zero-order valence-electron chi connectivity index (χ0n) is 18.0. The monoisotopic (exact) mass is 496 g/mol. The molecule has 0 saturated carbocycles. The van der Waals surface area contributed by atoms with Crippen molar-refractivity contribution in [2.75, 3.05) is 0 Å².